The Labute approximate surface area is 177 Å². The molecule has 0 fully saturated rings. The molecule has 0 aromatic heterocycles. The van der Waals surface area contributed by atoms with Crippen LogP contribution in [-0.4, -0.2) is 0 Å². The van der Waals surface area contributed by atoms with Crippen molar-refractivity contribution in [2.45, 2.75) is 0 Å². The van der Waals surface area contributed by atoms with Crippen LogP contribution in [-0.2, 0) is 16.4 Å². The van der Waals surface area contributed by atoms with Gasteiger partial charge in [-0.3, -0.25) is 4.57 Å². The second kappa shape index (κ2) is 8.61. The van der Waals surface area contributed by atoms with Crippen LogP contribution in [0.1, 0.15) is 0 Å². The summed E-state index contributed by atoms with van der Waals surface area (Å²) in [5.41, 5.74) is 0. The Bertz CT molecular complexity index is 985. The summed E-state index contributed by atoms with van der Waals surface area (Å²) in [4.78, 5) is 3.55. The van der Waals surface area contributed by atoms with Gasteiger partial charge in [-0.15, -0.1) is 0 Å². The fraction of sp³-hybridized carbons (Fsp3) is 0. The maximum absolute atomic E-state index is 14.6. The predicted octanol–water partition coefficient (Wildman–Crippen LogP) is 4.55. The summed E-state index contributed by atoms with van der Waals surface area (Å²) >= 11 is 6.31. The van der Waals surface area contributed by atoms with Crippen LogP contribution in [0.15, 0.2) is 121 Å². The van der Waals surface area contributed by atoms with Crippen LogP contribution < -0.4 is 26.1 Å². The number of nitrogens with one attached hydrogen (secondary N) is 1. The lowest BCUT2D eigenvalue weighted by Gasteiger charge is -2.30. The van der Waals surface area contributed by atoms with E-state index in [4.69, 9.17) is 11.8 Å². The van der Waals surface area contributed by atoms with E-state index in [0.29, 0.717) is 0 Å². The van der Waals surface area contributed by atoms with E-state index < -0.39 is 13.5 Å². The third-order valence-electron chi connectivity index (χ3n) is 4.76. The van der Waals surface area contributed by atoms with E-state index in [-0.39, 0.29) is 0 Å². The molecular weight excluding hydrogens is 412 g/mol. The summed E-state index contributed by atoms with van der Waals surface area (Å²) in [7, 11) is -3.18. The van der Waals surface area contributed by atoms with Gasteiger partial charge in [-0.2, -0.15) is 0 Å². The normalized spacial score (nSPS) is 11.9. The van der Waals surface area contributed by atoms with Gasteiger partial charge in [-0.25, -0.2) is 4.86 Å². The van der Waals surface area contributed by atoms with Crippen molar-refractivity contribution in [3.8, 4) is 0 Å². The zero-order chi connectivity index (χ0) is 20.2. The molecule has 0 heterocycles. The van der Waals surface area contributed by atoms with Crippen molar-refractivity contribution >= 4 is 46.5 Å². The molecule has 4 rings (SSSR count). The molecule has 0 saturated heterocycles. The fourth-order valence-corrected chi connectivity index (χ4v) is 11.4. The summed E-state index contributed by atoms with van der Waals surface area (Å²) in [5, 5.41) is 3.50. The van der Waals surface area contributed by atoms with Gasteiger partial charge >= 0.3 is 0 Å². The Morgan fingerprint density at radius 3 is 1.07 bits per heavy atom. The molecule has 0 amide bonds. The lowest BCUT2D eigenvalue weighted by Crippen LogP contribution is -2.32. The average Bonchev–Trinajstić information content (AvgIpc) is 2.81. The van der Waals surface area contributed by atoms with Crippen LogP contribution in [0.4, 0.5) is 0 Å². The molecule has 0 saturated carbocycles. The number of rotatable bonds is 6. The molecule has 0 bridgehead atoms. The molecule has 0 aliphatic heterocycles. The van der Waals surface area contributed by atoms with Crippen LogP contribution in [0.5, 0.6) is 0 Å². The van der Waals surface area contributed by atoms with E-state index in [0.717, 1.165) is 21.2 Å². The van der Waals surface area contributed by atoms with Crippen LogP contribution in [0.3, 0.4) is 0 Å². The minimum Gasteiger partial charge on any atom is -0.296 e. The zero-order valence-corrected chi connectivity index (χ0v) is 18.4. The lowest BCUT2D eigenvalue weighted by molar-refractivity contribution is 0.586. The molecular formula is C24H21NOP2S. The standard InChI is InChI=1S/C24H21NOP2S/c26-27(21-13-5-1-6-14-21,22-15-7-2-8-16-22)25-28(29,23-17-9-3-10-18-23)24-19-11-4-12-20-24/h1-20H,(H,25,26,29). The van der Waals surface area contributed by atoms with Gasteiger partial charge in [0.25, 0.3) is 0 Å². The molecule has 0 unspecified atom stereocenters. The highest BCUT2D eigenvalue weighted by molar-refractivity contribution is 8.23. The van der Waals surface area contributed by atoms with Crippen LogP contribution in [0.2, 0.25) is 0 Å². The second-order valence-electron chi connectivity index (χ2n) is 6.66. The van der Waals surface area contributed by atoms with Gasteiger partial charge in [0.15, 0.2) is 0 Å². The average molecular weight is 433 g/mol. The maximum Gasteiger partial charge on any atom is 0.209 e. The molecule has 0 radical (unpaired) electrons. The Hall–Kier alpha value is -2.28. The molecule has 144 valence electrons. The number of benzene rings is 4. The van der Waals surface area contributed by atoms with Crippen molar-refractivity contribution in [3.05, 3.63) is 121 Å². The Kier molecular flexibility index (Phi) is 5.94. The van der Waals surface area contributed by atoms with E-state index in [1.807, 2.05) is 121 Å². The smallest absolute Gasteiger partial charge is 0.209 e. The van der Waals surface area contributed by atoms with Gasteiger partial charge in [-0.05, 0) is 24.3 Å². The van der Waals surface area contributed by atoms with E-state index in [9.17, 15) is 4.57 Å². The van der Waals surface area contributed by atoms with Gasteiger partial charge < -0.3 is 0 Å². The first-order valence-electron chi connectivity index (χ1n) is 9.35. The van der Waals surface area contributed by atoms with Crippen molar-refractivity contribution in [3.63, 3.8) is 0 Å². The highest BCUT2D eigenvalue weighted by atomic mass is 32.4. The quantitative estimate of drug-likeness (QED) is 0.453. The molecule has 5 heteroatoms. The SMILES string of the molecule is O=P(NP(=S)(c1ccccc1)c1ccccc1)(c1ccccc1)c1ccccc1. The Balaban J connectivity index is 1.93. The van der Waals surface area contributed by atoms with E-state index in [1.54, 1.807) is 0 Å². The maximum atomic E-state index is 14.6. The largest absolute Gasteiger partial charge is 0.296 e. The Morgan fingerprint density at radius 2 is 0.759 bits per heavy atom. The van der Waals surface area contributed by atoms with Crippen molar-refractivity contribution in [1.29, 1.82) is 0 Å². The number of hydrogen-bond donors (Lipinski definition) is 1. The fourth-order valence-electron chi connectivity index (χ4n) is 3.28. The first kappa shape index (κ1) is 20.0. The number of hydrogen-bond acceptors (Lipinski definition) is 2. The molecule has 0 aliphatic rings. The summed E-state index contributed by atoms with van der Waals surface area (Å²) in [6.45, 7) is 0. The first-order valence-corrected chi connectivity index (χ1v) is 13.9. The van der Waals surface area contributed by atoms with E-state index in [1.165, 1.54) is 0 Å². The molecule has 4 aromatic carbocycles. The summed E-state index contributed by atoms with van der Waals surface area (Å²) in [5.74, 6) is 0. The molecule has 1 N–H and O–H groups in total. The van der Waals surface area contributed by atoms with Gasteiger partial charge in [0, 0.05) is 21.2 Å². The highest BCUT2D eigenvalue weighted by Gasteiger charge is 2.35. The minimum absolute atomic E-state index is 0.757. The van der Waals surface area contributed by atoms with Gasteiger partial charge in [0.1, 0.15) is 0 Å². The molecule has 0 aliphatic carbocycles. The zero-order valence-electron chi connectivity index (χ0n) is 15.8. The molecule has 0 atom stereocenters. The van der Waals surface area contributed by atoms with Crippen molar-refractivity contribution in [2.24, 2.45) is 0 Å². The Morgan fingerprint density at radius 1 is 0.483 bits per heavy atom. The van der Waals surface area contributed by atoms with Gasteiger partial charge in [-0.1, -0.05) is 109 Å². The van der Waals surface area contributed by atoms with E-state index in [2.05, 4.69) is 4.86 Å². The molecule has 29 heavy (non-hydrogen) atoms. The topological polar surface area (TPSA) is 29.1 Å². The minimum atomic E-state index is -3.18. The lowest BCUT2D eigenvalue weighted by atomic mass is 10.4. The van der Waals surface area contributed by atoms with Crippen molar-refractivity contribution in [1.82, 2.24) is 4.86 Å². The van der Waals surface area contributed by atoms with Crippen molar-refractivity contribution < 1.29 is 4.57 Å². The molecule has 0 spiro atoms. The second-order valence-corrected chi connectivity index (χ2v) is 13.6. The molecule has 4 aromatic rings. The third-order valence-corrected chi connectivity index (χ3v) is 13.1. The summed E-state index contributed by atoms with van der Waals surface area (Å²) in [6, 6.07) is 39.2. The third kappa shape index (κ3) is 4.06. The molecule has 2 nitrogen and oxygen atoms in total. The van der Waals surface area contributed by atoms with Crippen LogP contribution in [0.25, 0.3) is 0 Å². The van der Waals surface area contributed by atoms with Gasteiger partial charge in [0.2, 0.25) is 7.29 Å². The predicted molar refractivity (Wildman–Crippen MR) is 129 cm³/mol. The van der Waals surface area contributed by atoms with Crippen LogP contribution in [0, 0.1) is 0 Å². The first-order chi connectivity index (χ1) is 14.1. The van der Waals surface area contributed by atoms with Crippen LogP contribution >= 0.6 is 13.5 Å². The summed E-state index contributed by atoms with van der Waals surface area (Å²) < 4.78 is 14.6. The van der Waals surface area contributed by atoms with Gasteiger partial charge in [0.05, 0.1) is 6.19 Å². The summed E-state index contributed by atoms with van der Waals surface area (Å²) in [6.07, 6.45) is -2.56. The van der Waals surface area contributed by atoms with E-state index >= 15 is 0 Å². The van der Waals surface area contributed by atoms with Crippen molar-refractivity contribution in [2.75, 3.05) is 0 Å². The highest BCUT2D eigenvalue weighted by Crippen LogP contribution is 2.53. The monoisotopic (exact) mass is 433 g/mol.